The van der Waals surface area contributed by atoms with Crippen LogP contribution in [0, 0.1) is 5.92 Å². The van der Waals surface area contributed by atoms with Gasteiger partial charge in [0.15, 0.2) is 6.61 Å². The molecule has 23 heavy (non-hydrogen) atoms. The van der Waals surface area contributed by atoms with E-state index < -0.39 is 18.8 Å². The normalized spacial score (nSPS) is 12.5. The van der Waals surface area contributed by atoms with Crippen molar-refractivity contribution in [3.63, 3.8) is 0 Å². The molecule has 1 rings (SSSR count). The van der Waals surface area contributed by atoms with Crippen LogP contribution in [0.25, 0.3) is 0 Å². The fourth-order valence-corrected chi connectivity index (χ4v) is 1.85. The van der Waals surface area contributed by atoms with E-state index in [-0.39, 0.29) is 30.6 Å². The minimum atomic E-state index is -4.38. The van der Waals surface area contributed by atoms with Crippen molar-refractivity contribution >= 4 is 18.3 Å². The van der Waals surface area contributed by atoms with Crippen molar-refractivity contribution < 1.29 is 22.7 Å². The van der Waals surface area contributed by atoms with E-state index in [1.807, 2.05) is 13.8 Å². The molecule has 8 heteroatoms. The van der Waals surface area contributed by atoms with Crippen molar-refractivity contribution in [3.8, 4) is 5.75 Å². The lowest BCUT2D eigenvalue weighted by molar-refractivity contribution is -0.153. The van der Waals surface area contributed by atoms with E-state index >= 15 is 0 Å². The molecule has 0 fully saturated rings. The Balaban J connectivity index is 0.00000484. The zero-order chi connectivity index (χ0) is 16.8. The standard InChI is InChI=1S/C15H21F3N2O2.ClH/c1-10(2)6-13(19)14(21)20-8-11-4-3-5-12(7-11)22-9-15(16,17)18;/h3-5,7,10,13H,6,8-9,19H2,1-2H3,(H,20,21);1H/t13-;/m0./s1. The second-order valence-electron chi connectivity index (χ2n) is 5.51. The van der Waals surface area contributed by atoms with E-state index in [1.165, 1.54) is 12.1 Å². The lowest BCUT2D eigenvalue weighted by atomic mass is 10.0. The summed E-state index contributed by atoms with van der Waals surface area (Å²) in [6.45, 7) is 2.78. The third kappa shape index (κ3) is 9.30. The van der Waals surface area contributed by atoms with Crippen LogP contribution in [-0.4, -0.2) is 24.7 Å². The number of benzene rings is 1. The van der Waals surface area contributed by atoms with Crippen molar-refractivity contribution in [2.75, 3.05) is 6.61 Å². The number of hydrogen-bond donors (Lipinski definition) is 2. The van der Waals surface area contributed by atoms with E-state index in [0.717, 1.165) is 0 Å². The second kappa shape index (κ2) is 9.62. The SMILES string of the molecule is CC(C)C[C@H](N)C(=O)NCc1cccc(OCC(F)(F)F)c1.Cl. The Morgan fingerprint density at radius 2 is 2.00 bits per heavy atom. The monoisotopic (exact) mass is 354 g/mol. The Morgan fingerprint density at radius 3 is 2.57 bits per heavy atom. The Labute approximate surface area is 140 Å². The molecule has 1 aromatic rings. The Morgan fingerprint density at radius 1 is 1.35 bits per heavy atom. The summed E-state index contributed by atoms with van der Waals surface area (Å²) in [5, 5.41) is 2.66. The highest BCUT2D eigenvalue weighted by Crippen LogP contribution is 2.19. The maximum absolute atomic E-state index is 12.1. The Bertz CT molecular complexity index is 496. The molecule has 0 heterocycles. The molecule has 3 N–H and O–H groups in total. The zero-order valence-corrected chi connectivity index (χ0v) is 13.8. The van der Waals surface area contributed by atoms with Crippen LogP contribution in [0.3, 0.4) is 0 Å². The molecule has 0 aromatic heterocycles. The molecule has 0 aliphatic rings. The molecule has 0 radical (unpaired) electrons. The fourth-order valence-electron chi connectivity index (χ4n) is 1.85. The first-order valence-electron chi connectivity index (χ1n) is 6.99. The molecule has 0 spiro atoms. The van der Waals surface area contributed by atoms with E-state index in [1.54, 1.807) is 12.1 Å². The van der Waals surface area contributed by atoms with E-state index in [4.69, 9.17) is 5.73 Å². The van der Waals surface area contributed by atoms with E-state index in [2.05, 4.69) is 10.1 Å². The van der Waals surface area contributed by atoms with Crippen molar-refractivity contribution in [2.24, 2.45) is 11.7 Å². The summed E-state index contributed by atoms with van der Waals surface area (Å²) in [5.74, 6) is 0.130. The van der Waals surface area contributed by atoms with Gasteiger partial charge in [-0.1, -0.05) is 26.0 Å². The molecule has 1 amide bonds. The van der Waals surface area contributed by atoms with Crippen LogP contribution in [-0.2, 0) is 11.3 Å². The van der Waals surface area contributed by atoms with Crippen molar-refractivity contribution in [1.82, 2.24) is 5.32 Å². The fraction of sp³-hybridized carbons (Fsp3) is 0.533. The van der Waals surface area contributed by atoms with Gasteiger partial charge in [-0.05, 0) is 30.0 Å². The number of rotatable bonds is 7. The first-order chi connectivity index (χ1) is 10.2. The number of nitrogens with one attached hydrogen (secondary N) is 1. The third-order valence-electron chi connectivity index (χ3n) is 2.83. The van der Waals surface area contributed by atoms with Gasteiger partial charge in [-0.15, -0.1) is 12.4 Å². The molecule has 4 nitrogen and oxygen atoms in total. The van der Waals surface area contributed by atoms with E-state index in [0.29, 0.717) is 17.9 Å². The largest absolute Gasteiger partial charge is 0.484 e. The number of carbonyl (C=O) groups excluding carboxylic acids is 1. The maximum atomic E-state index is 12.1. The van der Waals surface area contributed by atoms with E-state index in [9.17, 15) is 18.0 Å². The first-order valence-corrected chi connectivity index (χ1v) is 6.99. The summed E-state index contributed by atoms with van der Waals surface area (Å²) in [6.07, 6.45) is -3.81. The van der Waals surface area contributed by atoms with Gasteiger partial charge < -0.3 is 15.8 Å². The van der Waals surface area contributed by atoms with Gasteiger partial charge in [0.1, 0.15) is 5.75 Å². The number of nitrogens with two attached hydrogens (primary N) is 1. The summed E-state index contributed by atoms with van der Waals surface area (Å²) < 4.78 is 40.9. The van der Waals surface area contributed by atoms with Crippen molar-refractivity contribution in [3.05, 3.63) is 29.8 Å². The molecule has 0 aliphatic heterocycles. The summed E-state index contributed by atoms with van der Waals surface area (Å²) in [5.41, 5.74) is 6.39. The predicted octanol–water partition coefficient (Wildman–Crippen LogP) is 3.04. The topological polar surface area (TPSA) is 64.4 Å². The van der Waals surface area contributed by atoms with Gasteiger partial charge in [-0.2, -0.15) is 13.2 Å². The number of alkyl halides is 3. The minimum absolute atomic E-state index is 0. The number of halogens is 4. The molecule has 1 atom stereocenters. The molecule has 0 saturated heterocycles. The average molecular weight is 355 g/mol. The summed E-state index contributed by atoms with van der Waals surface area (Å²) in [4.78, 5) is 11.8. The van der Waals surface area contributed by atoms with Crippen LogP contribution >= 0.6 is 12.4 Å². The number of ether oxygens (including phenoxy) is 1. The lowest BCUT2D eigenvalue weighted by Crippen LogP contribution is -2.41. The lowest BCUT2D eigenvalue weighted by Gasteiger charge is -2.14. The van der Waals surface area contributed by atoms with Crippen molar-refractivity contribution in [1.29, 1.82) is 0 Å². The number of carbonyl (C=O) groups is 1. The van der Waals surface area contributed by atoms with Gasteiger partial charge in [0.25, 0.3) is 0 Å². The zero-order valence-electron chi connectivity index (χ0n) is 13.0. The quantitative estimate of drug-likeness (QED) is 0.791. The summed E-state index contributed by atoms with van der Waals surface area (Å²) >= 11 is 0. The highest BCUT2D eigenvalue weighted by molar-refractivity contribution is 5.85. The number of hydrogen-bond acceptors (Lipinski definition) is 3. The molecule has 1 aromatic carbocycles. The molecule has 0 unspecified atom stereocenters. The maximum Gasteiger partial charge on any atom is 0.422 e. The van der Waals surface area contributed by atoms with Gasteiger partial charge in [0, 0.05) is 6.54 Å². The van der Waals surface area contributed by atoms with Crippen LogP contribution in [0.1, 0.15) is 25.8 Å². The number of amides is 1. The molecule has 132 valence electrons. The van der Waals surface area contributed by atoms with Crippen LogP contribution in [0.4, 0.5) is 13.2 Å². The van der Waals surface area contributed by atoms with Gasteiger partial charge in [-0.3, -0.25) is 4.79 Å². The predicted molar refractivity (Wildman–Crippen MR) is 84.5 cm³/mol. The molecule has 0 saturated carbocycles. The van der Waals surface area contributed by atoms with Gasteiger partial charge >= 0.3 is 6.18 Å². The smallest absolute Gasteiger partial charge is 0.422 e. The van der Waals surface area contributed by atoms with Crippen molar-refractivity contribution in [2.45, 2.75) is 39.0 Å². The minimum Gasteiger partial charge on any atom is -0.484 e. The second-order valence-corrected chi connectivity index (χ2v) is 5.51. The molecule has 0 bridgehead atoms. The first kappa shape index (κ1) is 21.5. The molecular weight excluding hydrogens is 333 g/mol. The highest BCUT2D eigenvalue weighted by atomic mass is 35.5. The van der Waals surface area contributed by atoms with Crippen LogP contribution in [0.2, 0.25) is 0 Å². The third-order valence-corrected chi connectivity index (χ3v) is 2.83. The van der Waals surface area contributed by atoms with Gasteiger partial charge in [0.05, 0.1) is 6.04 Å². The Kier molecular flexibility index (Phi) is 9.01. The van der Waals surface area contributed by atoms with Crippen LogP contribution in [0.5, 0.6) is 5.75 Å². The van der Waals surface area contributed by atoms with Crippen LogP contribution < -0.4 is 15.8 Å². The summed E-state index contributed by atoms with van der Waals surface area (Å²) in [7, 11) is 0. The van der Waals surface area contributed by atoms with Gasteiger partial charge in [0.2, 0.25) is 5.91 Å². The summed E-state index contributed by atoms with van der Waals surface area (Å²) in [6, 6.07) is 5.56. The van der Waals surface area contributed by atoms with Crippen LogP contribution in [0.15, 0.2) is 24.3 Å². The average Bonchev–Trinajstić information content (AvgIpc) is 2.41. The Hall–Kier alpha value is -1.47. The highest BCUT2D eigenvalue weighted by Gasteiger charge is 2.28. The molecular formula is C15H22ClF3N2O2. The van der Waals surface area contributed by atoms with Gasteiger partial charge in [-0.25, -0.2) is 0 Å². The molecule has 0 aliphatic carbocycles.